The van der Waals surface area contributed by atoms with Gasteiger partial charge in [-0.15, -0.1) is 0 Å². The molecule has 0 bridgehead atoms. The molecule has 108 valence electrons. The van der Waals surface area contributed by atoms with Crippen LogP contribution >= 0.6 is 0 Å². The van der Waals surface area contributed by atoms with Gasteiger partial charge in [-0.1, -0.05) is 24.3 Å². The molecule has 1 heterocycles. The predicted molar refractivity (Wildman–Crippen MR) is 84.6 cm³/mol. The van der Waals surface area contributed by atoms with E-state index in [1.54, 1.807) is 6.20 Å². The quantitative estimate of drug-likeness (QED) is 0.883. The number of hydrogen-bond acceptors (Lipinski definition) is 4. The van der Waals surface area contributed by atoms with Crippen LogP contribution in [-0.4, -0.2) is 11.5 Å². The summed E-state index contributed by atoms with van der Waals surface area (Å²) in [5.41, 5.74) is 9.38. The zero-order valence-electron chi connectivity index (χ0n) is 12.2. The highest BCUT2D eigenvalue weighted by Crippen LogP contribution is 2.26. The van der Waals surface area contributed by atoms with Gasteiger partial charge in [-0.2, -0.15) is 5.26 Å². The molecule has 0 saturated carbocycles. The third kappa shape index (κ3) is 4.04. The molecule has 0 amide bonds. The molecule has 2 aromatic rings. The molecule has 2 rings (SSSR count). The number of rotatable bonds is 6. The SMILES string of the molecule is C[C@@H](N)c1ccccc1N(CCC#N)Cc1cccnc1. The predicted octanol–water partition coefficient (Wildman–Crippen LogP) is 3.02. The van der Waals surface area contributed by atoms with Gasteiger partial charge in [0.1, 0.15) is 0 Å². The summed E-state index contributed by atoms with van der Waals surface area (Å²) in [5, 5.41) is 8.89. The van der Waals surface area contributed by atoms with Crippen molar-refractivity contribution in [3.8, 4) is 6.07 Å². The Balaban J connectivity index is 2.30. The summed E-state index contributed by atoms with van der Waals surface area (Å²) in [7, 11) is 0. The molecule has 0 aliphatic carbocycles. The van der Waals surface area contributed by atoms with Gasteiger partial charge in [0.2, 0.25) is 0 Å². The van der Waals surface area contributed by atoms with Crippen LogP contribution in [0.2, 0.25) is 0 Å². The molecule has 1 aromatic carbocycles. The molecule has 0 unspecified atom stereocenters. The van der Waals surface area contributed by atoms with Crippen LogP contribution in [0.5, 0.6) is 0 Å². The van der Waals surface area contributed by atoms with Crippen LogP contribution in [0, 0.1) is 11.3 Å². The number of aromatic nitrogens is 1. The average molecular weight is 280 g/mol. The largest absolute Gasteiger partial charge is 0.366 e. The molecule has 21 heavy (non-hydrogen) atoms. The molecule has 0 saturated heterocycles. The normalized spacial score (nSPS) is 11.7. The van der Waals surface area contributed by atoms with Gasteiger partial charge in [0.25, 0.3) is 0 Å². The van der Waals surface area contributed by atoms with Gasteiger partial charge >= 0.3 is 0 Å². The summed E-state index contributed by atoms with van der Waals surface area (Å²) in [6, 6.07) is 14.2. The van der Waals surface area contributed by atoms with Crippen LogP contribution in [0.3, 0.4) is 0 Å². The third-order valence-electron chi connectivity index (χ3n) is 3.36. The molecule has 1 atom stereocenters. The van der Waals surface area contributed by atoms with E-state index in [9.17, 15) is 0 Å². The van der Waals surface area contributed by atoms with Crippen molar-refractivity contribution in [2.45, 2.75) is 25.9 Å². The molecule has 4 nitrogen and oxygen atoms in total. The lowest BCUT2D eigenvalue weighted by atomic mass is 10.1. The second kappa shape index (κ2) is 7.41. The van der Waals surface area contributed by atoms with E-state index >= 15 is 0 Å². The molecular weight excluding hydrogens is 260 g/mol. The number of anilines is 1. The van der Waals surface area contributed by atoms with Gasteiger partial charge < -0.3 is 10.6 Å². The maximum Gasteiger partial charge on any atom is 0.0640 e. The van der Waals surface area contributed by atoms with Crippen molar-refractivity contribution in [3.63, 3.8) is 0 Å². The van der Waals surface area contributed by atoms with Gasteiger partial charge in [0.05, 0.1) is 12.5 Å². The second-order valence-electron chi connectivity index (χ2n) is 5.04. The lowest BCUT2D eigenvalue weighted by molar-refractivity contribution is 0.760. The van der Waals surface area contributed by atoms with Crippen LogP contribution in [0.4, 0.5) is 5.69 Å². The van der Waals surface area contributed by atoms with Gasteiger partial charge in [0, 0.05) is 37.2 Å². The van der Waals surface area contributed by atoms with E-state index in [4.69, 9.17) is 11.0 Å². The van der Waals surface area contributed by atoms with Crippen molar-refractivity contribution in [2.24, 2.45) is 5.73 Å². The van der Waals surface area contributed by atoms with Crippen LogP contribution < -0.4 is 10.6 Å². The van der Waals surface area contributed by atoms with Gasteiger partial charge in [0.15, 0.2) is 0 Å². The highest BCUT2D eigenvalue weighted by Gasteiger charge is 2.13. The standard InChI is InChI=1S/C17H20N4/c1-14(19)16-7-2-3-8-17(16)21(11-5-9-18)13-15-6-4-10-20-12-15/h2-4,6-8,10,12,14H,5,11,13,19H2,1H3/t14-/m1/s1. The minimum Gasteiger partial charge on any atom is -0.366 e. The first-order valence-electron chi connectivity index (χ1n) is 7.07. The molecule has 0 fully saturated rings. The number of hydrogen-bond donors (Lipinski definition) is 1. The summed E-state index contributed by atoms with van der Waals surface area (Å²) in [5.74, 6) is 0. The molecule has 0 aliphatic heterocycles. The molecule has 1 aromatic heterocycles. The van der Waals surface area contributed by atoms with Crippen molar-refractivity contribution < 1.29 is 0 Å². The fourth-order valence-corrected chi connectivity index (χ4v) is 2.34. The Kier molecular flexibility index (Phi) is 5.30. The zero-order chi connectivity index (χ0) is 15.1. The molecule has 4 heteroatoms. The maximum absolute atomic E-state index is 8.89. The Labute approximate surface area is 125 Å². The lowest BCUT2D eigenvalue weighted by Crippen LogP contribution is -2.26. The Morgan fingerprint density at radius 3 is 2.76 bits per heavy atom. The Bertz CT molecular complexity index is 602. The molecule has 2 N–H and O–H groups in total. The van der Waals surface area contributed by atoms with Crippen LogP contribution in [0.1, 0.15) is 30.5 Å². The summed E-state index contributed by atoms with van der Waals surface area (Å²) in [6.45, 7) is 3.37. The van der Waals surface area contributed by atoms with Crippen molar-refractivity contribution >= 4 is 5.69 Å². The fraction of sp³-hybridized carbons (Fsp3) is 0.294. The van der Waals surface area contributed by atoms with Crippen LogP contribution in [0.15, 0.2) is 48.8 Å². The Morgan fingerprint density at radius 2 is 2.10 bits per heavy atom. The first kappa shape index (κ1) is 15.0. The lowest BCUT2D eigenvalue weighted by Gasteiger charge is -2.27. The molecular formula is C17H20N4. The molecule has 0 aliphatic rings. The van der Waals surface area contributed by atoms with E-state index in [0.717, 1.165) is 23.4 Å². The number of benzene rings is 1. The second-order valence-corrected chi connectivity index (χ2v) is 5.04. The fourth-order valence-electron chi connectivity index (χ4n) is 2.34. The van der Waals surface area contributed by atoms with Crippen molar-refractivity contribution in [2.75, 3.05) is 11.4 Å². The van der Waals surface area contributed by atoms with Crippen molar-refractivity contribution in [1.82, 2.24) is 4.98 Å². The van der Waals surface area contributed by atoms with Crippen LogP contribution in [0.25, 0.3) is 0 Å². The Hall–Kier alpha value is -2.38. The number of nitriles is 1. The molecule has 0 spiro atoms. The van der Waals surface area contributed by atoms with Crippen molar-refractivity contribution in [3.05, 3.63) is 59.9 Å². The van der Waals surface area contributed by atoms with E-state index in [2.05, 4.69) is 22.0 Å². The first-order valence-corrected chi connectivity index (χ1v) is 7.07. The summed E-state index contributed by atoms with van der Waals surface area (Å²) in [6.07, 6.45) is 4.10. The van der Waals surface area contributed by atoms with E-state index < -0.39 is 0 Å². The summed E-state index contributed by atoms with van der Waals surface area (Å²) >= 11 is 0. The van der Waals surface area contributed by atoms with Crippen LogP contribution in [-0.2, 0) is 6.54 Å². The molecule has 0 radical (unpaired) electrons. The zero-order valence-corrected chi connectivity index (χ0v) is 12.2. The summed E-state index contributed by atoms with van der Waals surface area (Å²) < 4.78 is 0. The van der Waals surface area contributed by atoms with E-state index in [0.29, 0.717) is 13.0 Å². The highest BCUT2D eigenvalue weighted by molar-refractivity contribution is 5.55. The maximum atomic E-state index is 8.89. The number of nitrogens with two attached hydrogens (primary N) is 1. The minimum absolute atomic E-state index is 0.0420. The smallest absolute Gasteiger partial charge is 0.0640 e. The van der Waals surface area contributed by atoms with E-state index in [-0.39, 0.29) is 6.04 Å². The van der Waals surface area contributed by atoms with E-state index in [1.165, 1.54) is 0 Å². The number of para-hydroxylation sites is 1. The first-order chi connectivity index (χ1) is 10.2. The topological polar surface area (TPSA) is 65.9 Å². The van der Waals surface area contributed by atoms with Gasteiger partial charge in [-0.25, -0.2) is 0 Å². The highest BCUT2D eigenvalue weighted by atomic mass is 15.1. The van der Waals surface area contributed by atoms with Gasteiger partial charge in [-0.05, 0) is 30.2 Å². The number of nitrogens with zero attached hydrogens (tertiary/aromatic N) is 3. The third-order valence-corrected chi connectivity index (χ3v) is 3.36. The van der Waals surface area contributed by atoms with Crippen molar-refractivity contribution in [1.29, 1.82) is 5.26 Å². The average Bonchev–Trinajstić information content (AvgIpc) is 2.52. The summed E-state index contributed by atoms with van der Waals surface area (Å²) in [4.78, 5) is 6.35. The monoisotopic (exact) mass is 280 g/mol. The Morgan fingerprint density at radius 1 is 1.29 bits per heavy atom. The van der Waals surface area contributed by atoms with E-state index in [1.807, 2.05) is 43.5 Å². The van der Waals surface area contributed by atoms with Gasteiger partial charge in [-0.3, -0.25) is 4.98 Å². The minimum atomic E-state index is -0.0420. The number of pyridine rings is 1.